The number of aromatic nitrogens is 2. The van der Waals surface area contributed by atoms with Gasteiger partial charge in [0, 0.05) is 12.7 Å². The minimum absolute atomic E-state index is 0.0224. The average molecular weight is 345 g/mol. The van der Waals surface area contributed by atoms with Gasteiger partial charge >= 0.3 is 0 Å². The first-order chi connectivity index (χ1) is 11.5. The van der Waals surface area contributed by atoms with E-state index in [4.69, 9.17) is 4.42 Å². The summed E-state index contributed by atoms with van der Waals surface area (Å²) in [7, 11) is -3.37. The highest BCUT2D eigenvalue weighted by atomic mass is 32.2. The number of aryl methyl sites for hydroxylation is 1. The van der Waals surface area contributed by atoms with E-state index in [1.165, 1.54) is 0 Å². The Kier molecular flexibility index (Phi) is 4.82. The van der Waals surface area contributed by atoms with Crippen LogP contribution in [0.2, 0.25) is 0 Å². The van der Waals surface area contributed by atoms with Crippen molar-refractivity contribution in [3.8, 4) is 11.3 Å². The molecule has 0 amide bonds. The van der Waals surface area contributed by atoms with Crippen LogP contribution in [0.5, 0.6) is 0 Å². The Bertz CT molecular complexity index is 899. The van der Waals surface area contributed by atoms with Crippen LogP contribution in [-0.4, -0.2) is 24.7 Å². The maximum absolute atomic E-state index is 12.1. The molecule has 2 heterocycles. The third-order valence-corrected chi connectivity index (χ3v) is 4.90. The molecule has 0 bridgehead atoms. The SMILES string of the molecule is Cc1cccc(CS(=O)(=O)NCCn2cc(-c3ccco3)cn2)c1. The Balaban J connectivity index is 1.54. The van der Waals surface area contributed by atoms with E-state index in [0.29, 0.717) is 6.54 Å². The molecular formula is C17H19N3O3S. The van der Waals surface area contributed by atoms with Gasteiger partial charge < -0.3 is 4.42 Å². The number of benzene rings is 1. The molecule has 6 nitrogen and oxygen atoms in total. The van der Waals surface area contributed by atoms with Crippen molar-refractivity contribution in [2.45, 2.75) is 19.2 Å². The maximum Gasteiger partial charge on any atom is 0.215 e. The molecule has 0 atom stereocenters. The fourth-order valence-corrected chi connectivity index (χ4v) is 3.57. The van der Waals surface area contributed by atoms with Gasteiger partial charge in [-0.3, -0.25) is 4.68 Å². The number of nitrogens with zero attached hydrogens (tertiary/aromatic N) is 2. The topological polar surface area (TPSA) is 77.1 Å². The van der Waals surface area contributed by atoms with Crippen molar-refractivity contribution >= 4 is 10.0 Å². The predicted octanol–water partition coefficient (Wildman–Crippen LogP) is 2.57. The van der Waals surface area contributed by atoms with Crippen LogP contribution in [0.25, 0.3) is 11.3 Å². The quantitative estimate of drug-likeness (QED) is 0.714. The molecule has 0 aliphatic heterocycles. The largest absolute Gasteiger partial charge is 0.464 e. The molecule has 0 aliphatic rings. The summed E-state index contributed by atoms with van der Waals surface area (Å²) in [4.78, 5) is 0. The van der Waals surface area contributed by atoms with Crippen molar-refractivity contribution in [3.05, 3.63) is 66.2 Å². The molecule has 0 radical (unpaired) electrons. The monoisotopic (exact) mass is 345 g/mol. The highest BCUT2D eigenvalue weighted by Crippen LogP contribution is 2.18. The highest BCUT2D eigenvalue weighted by Gasteiger charge is 2.11. The van der Waals surface area contributed by atoms with Crippen LogP contribution in [0, 0.1) is 6.92 Å². The van der Waals surface area contributed by atoms with Crippen LogP contribution in [0.3, 0.4) is 0 Å². The van der Waals surface area contributed by atoms with E-state index in [1.54, 1.807) is 17.1 Å². The van der Waals surface area contributed by atoms with Crippen molar-refractivity contribution in [1.29, 1.82) is 0 Å². The van der Waals surface area contributed by atoms with Gasteiger partial charge in [-0.25, -0.2) is 13.1 Å². The van der Waals surface area contributed by atoms with E-state index in [1.807, 2.05) is 49.5 Å². The summed E-state index contributed by atoms with van der Waals surface area (Å²) in [5, 5.41) is 4.21. The molecular weight excluding hydrogens is 326 g/mol. The van der Waals surface area contributed by atoms with Crippen molar-refractivity contribution in [1.82, 2.24) is 14.5 Å². The molecule has 0 unspecified atom stereocenters. The molecule has 0 spiro atoms. The number of sulfonamides is 1. The van der Waals surface area contributed by atoms with Gasteiger partial charge in [-0.1, -0.05) is 29.8 Å². The summed E-state index contributed by atoms with van der Waals surface area (Å²) in [6, 6.07) is 11.2. The van der Waals surface area contributed by atoms with Gasteiger partial charge in [-0.2, -0.15) is 5.10 Å². The van der Waals surface area contributed by atoms with Crippen molar-refractivity contribution in [2.24, 2.45) is 0 Å². The zero-order valence-electron chi connectivity index (χ0n) is 13.3. The lowest BCUT2D eigenvalue weighted by atomic mass is 10.2. The minimum atomic E-state index is -3.37. The molecule has 3 aromatic rings. The Labute approximate surface area is 141 Å². The summed E-state index contributed by atoms with van der Waals surface area (Å²) in [6.07, 6.45) is 5.12. The Morgan fingerprint density at radius 1 is 1.25 bits per heavy atom. The standard InChI is InChI=1S/C17H19N3O3S/c1-14-4-2-5-15(10-14)13-24(21,22)19-7-8-20-12-16(11-18-20)17-6-3-9-23-17/h2-6,9-12,19H,7-8,13H2,1H3. The van der Waals surface area contributed by atoms with Crippen molar-refractivity contribution < 1.29 is 12.8 Å². The van der Waals surface area contributed by atoms with Gasteiger partial charge in [0.2, 0.25) is 10.0 Å². The lowest BCUT2D eigenvalue weighted by Crippen LogP contribution is -2.28. The third kappa shape index (κ3) is 4.33. The summed E-state index contributed by atoms with van der Waals surface area (Å²) < 4.78 is 33.9. The number of nitrogens with one attached hydrogen (secondary N) is 1. The van der Waals surface area contributed by atoms with Crippen LogP contribution in [0.4, 0.5) is 0 Å². The lowest BCUT2D eigenvalue weighted by Gasteiger charge is -2.07. The molecule has 24 heavy (non-hydrogen) atoms. The van der Waals surface area contributed by atoms with Crippen LogP contribution < -0.4 is 4.72 Å². The Hall–Kier alpha value is -2.38. The van der Waals surface area contributed by atoms with Crippen LogP contribution in [0.1, 0.15) is 11.1 Å². The number of furan rings is 1. The maximum atomic E-state index is 12.1. The third-order valence-electron chi connectivity index (χ3n) is 3.54. The minimum Gasteiger partial charge on any atom is -0.464 e. The van der Waals surface area contributed by atoms with Gasteiger partial charge in [0.15, 0.2) is 0 Å². The summed E-state index contributed by atoms with van der Waals surface area (Å²) in [5.41, 5.74) is 2.69. The molecule has 126 valence electrons. The normalized spacial score (nSPS) is 11.7. The lowest BCUT2D eigenvalue weighted by molar-refractivity contribution is 0.559. The summed E-state index contributed by atoms with van der Waals surface area (Å²) in [6.45, 7) is 2.68. The molecule has 1 aromatic carbocycles. The molecule has 7 heteroatoms. The second kappa shape index (κ2) is 7.02. The molecule has 0 fully saturated rings. The van der Waals surface area contributed by atoms with Gasteiger partial charge in [0.25, 0.3) is 0 Å². The summed E-state index contributed by atoms with van der Waals surface area (Å²) >= 11 is 0. The Morgan fingerprint density at radius 2 is 2.12 bits per heavy atom. The molecule has 0 saturated heterocycles. The zero-order valence-corrected chi connectivity index (χ0v) is 14.2. The van der Waals surface area contributed by atoms with Gasteiger partial charge in [-0.05, 0) is 24.6 Å². The van der Waals surface area contributed by atoms with Gasteiger partial charge in [-0.15, -0.1) is 0 Å². The molecule has 1 N–H and O–H groups in total. The Morgan fingerprint density at radius 3 is 2.88 bits per heavy atom. The summed E-state index contributed by atoms with van der Waals surface area (Å²) in [5.74, 6) is 0.715. The van der Waals surface area contributed by atoms with Crippen molar-refractivity contribution in [3.63, 3.8) is 0 Å². The van der Waals surface area contributed by atoms with E-state index in [2.05, 4.69) is 9.82 Å². The van der Waals surface area contributed by atoms with E-state index >= 15 is 0 Å². The van der Waals surface area contributed by atoms with Crippen molar-refractivity contribution in [2.75, 3.05) is 6.54 Å². The smallest absolute Gasteiger partial charge is 0.215 e. The van der Waals surface area contributed by atoms with E-state index in [-0.39, 0.29) is 12.3 Å². The number of rotatable bonds is 7. The van der Waals surface area contributed by atoms with Gasteiger partial charge in [0.05, 0.1) is 30.3 Å². The number of hydrogen-bond acceptors (Lipinski definition) is 4. The van der Waals surface area contributed by atoms with Crippen LogP contribution >= 0.6 is 0 Å². The van der Waals surface area contributed by atoms with E-state index < -0.39 is 10.0 Å². The molecule has 2 aromatic heterocycles. The first-order valence-corrected chi connectivity index (χ1v) is 9.26. The predicted molar refractivity (Wildman–Crippen MR) is 91.7 cm³/mol. The fourth-order valence-electron chi connectivity index (χ4n) is 2.44. The second-order valence-electron chi connectivity index (χ2n) is 5.61. The molecule has 0 saturated carbocycles. The van der Waals surface area contributed by atoms with E-state index in [0.717, 1.165) is 22.5 Å². The van der Waals surface area contributed by atoms with Crippen LogP contribution in [0.15, 0.2) is 59.5 Å². The van der Waals surface area contributed by atoms with E-state index in [9.17, 15) is 8.42 Å². The molecule has 3 rings (SSSR count). The fraction of sp³-hybridized carbons (Fsp3) is 0.235. The average Bonchev–Trinajstić information content (AvgIpc) is 3.17. The van der Waals surface area contributed by atoms with Gasteiger partial charge in [0.1, 0.15) is 5.76 Å². The van der Waals surface area contributed by atoms with Crippen LogP contribution in [-0.2, 0) is 22.3 Å². The first kappa shape index (κ1) is 16.5. The zero-order chi connectivity index (χ0) is 17.0. The second-order valence-corrected chi connectivity index (χ2v) is 7.42. The first-order valence-electron chi connectivity index (χ1n) is 7.61. The number of hydrogen-bond donors (Lipinski definition) is 1. The molecule has 0 aliphatic carbocycles. The highest BCUT2D eigenvalue weighted by molar-refractivity contribution is 7.88.